The summed E-state index contributed by atoms with van der Waals surface area (Å²) in [5.41, 5.74) is 0.754. The topological polar surface area (TPSA) is 66.8 Å². The van der Waals surface area contributed by atoms with Gasteiger partial charge in [0.2, 0.25) is 0 Å². The normalized spacial score (nSPS) is 14.2. The molecule has 2 atom stereocenters. The van der Waals surface area contributed by atoms with E-state index in [1.165, 1.54) is 24.3 Å². The molecule has 3 aromatic rings. The maximum Gasteiger partial charge on any atom is 0.341 e. The van der Waals surface area contributed by atoms with Crippen molar-refractivity contribution in [2.75, 3.05) is 0 Å². The number of benzene rings is 3. The van der Waals surface area contributed by atoms with Crippen LogP contribution in [0.15, 0.2) is 78.9 Å². The SMILES string of the molecule is O=C(O[C@@](O)(c1ccc(Cl)cc1)[C@@H](O)c1ccc(Cl)cc1)c1ccccc1. The second kappa shape index (κ2) is 8.11. The van der Waals surface area contributed by atoms with Gasteiger partial charge in [0.05, 0.1) is 5.56 Å². The lowest BCUT2D eigenvalue weighted by molar-refractivity contribution is -0.236. The highest BCUT2D eigenvalue weighted by Gasteiger charge is 2.43. The average Bonchev–Trinajstić information content (AvgIpc) is 2.69. The molecule has 138 valence electrons. The summed E-state index contributed by atoms with van der Waals surface area (Å²) in [6, 6.07) is 20.5. The van der Waals surface area contributed by atoms with Crippen molar-refractivity contribution in [2.45, 2.75) is 11.9 Å². The van der Waals surface area contributed by atoms with Crippen molar-refractivity contribution >= 4 is 29.2 Å². The molecule has 2 N–H and O–H groups in total. The van der Waals surface area contributed by atoms with Gasteiger partial charge in [-0.2, -0.15) is 0 Å². The van der Waals surface area contributed by atoms with Gasteiger partial charge in [-0.25, -0.2) is 4.79 Å². The summed E-state index contributed by atoms with van der Waals surface area (Å²) in [6.45, 7) is 0. The molecule has 0 saturated carbocycles. The lowest BCUT2D eigenvalue weighted by Gasteiger charge is -2.33. The van der Waals surface area contributed by atoms with E-state index in [-0.39, 0.29) is 11.1 Å². The molecule has 27 heavy (non-hydrogen) atoms. The first-order valence-electron chi connectivity index (χ1n) is 8.10. The van der Waals surface area contributed by atoms with Crippen LogP contribution >= 0.6 is 23.2 Å². The molecule has 0 radical (unpaired) electrons. The Morgan fingerprint density at radius 1 is 0.852 bits per heavy atom. The standard InChI is InChI=1S/C21H16Cl2O4/c22-17-10-6-14(7-11-17)19(24)21(26,16-8-12-18(23)13-9-16)27-20(25)15-4-2-1-3-5-15/h1-13,19,24,26H/t19-,21-/m0/s1. The fourth-order valence-electron chi connectivity index (χ4n) is 2.61. The Kier molecular flexibility index (Phi) is 5.82. The maximum absolute atomic E-state index is 12.5. The first kappa shape index (κ1) is 19.4. The Bertz CT molecular complexity index is 911. The van der Waals surface area contributed by atoms with Crippen LogP contribution < -0.4 is 0 Å². The predicted octanol–water partition coefficient (Wildman–Crippen LogP) is 4.73. The molecule has 0 unspecified atom stereocenters. The van der Waals surface area contributed by atoms with Crippen molar-refractivity contribution in [3.8, 4) is 0 Å². The smallest absolute Gasteiger partial charge is 0.341 e. The van der Waals surface area contributed by atoms with E-state index < -0.39 is 17.9 Å². The molecule has 4 nitrogen and oxygen atoms in total. The maximum atomic E-state index is 12.5. The number of aliphatic hydroxyl groups is 2. The van der Waals surface area contributed by atoms with Crippen molar-refractivity contribution in [1.82, 2.24) is 0 Å². The highest BCUT2D eigenvalue weighted by atomic mass is 35.5. The molecule has 3 rings (SSSR count). The van der Waals surface area contributed by atoms with E-state index in [1.54, 1.807) is 54.6 Å². The van der Waals surface area contributed by atoms with Crippen molar-refractivity contribution in [3.05, 3.63) is 106 Å². The van der Waals surface area contributed by atoms with Crippen molar-refractivity contribution in [2.24, 2.45) is 0 Å². The zero-order chi connectivity index (χ0) is 19.4. The van der Waals surface area contributed by atoms with E-state index in [2.05, 4.69) is 0 Å². The number of carbonyl (C=O) groups excluding carboxylic acids is 1. The van der Waals surface area contributed by atoms with E-state index in [0.29, 0.717) is 15.6 Å². The molecule has 0 amide bonds. The predicted molar refractivity (Wildman–Crippen MR) is 104 cm³/mol. The molecule has 0 aliphatic rings. The van der Waals surface area contributed by atoms with Crippen LogP contribution in [0.2, 0.25) is 10.0 Å². The highest BCUT2D eigenvalue weighted by molar-refractivity contribution is 6.30. The van der Waals surface area contributed by atoms with Crippen LogP contribution in [0.25, 0.3) is 0 Å². The number of hydrogen-bond acceptors (Lipinski definition) is 4. The van der Waals surface area contributed by atoms with E-state index in [9.17, 15) is 15.0 Å². The van der Waals surface area contributed by atoms with Crippen LogP contribution in [-0.2, 0) is 10.5 Å². The highest BCUT2D eigenvalue weighted by Crippen LogP contribution is 2.38. The fourth-order valence-corrected chi connectivity index (χ4v) is 2.86. The number of ether oxygens (including phenoxy) is 1. The summed E-state index contributed by atoms with van der Waals surface area (Å²) in [7, 11) is 0. The monoisotopic (exact) mass is 402 g/mol. The first-order chi connectivity index (χ1) is 12.9. The van der Waals surface area contributed by atoms with Gasteiger partial charge in [-0.1, -0.05) is 65.7 Å². The average molecular weight is 403 g/mol. The lowest BCUT2D eigenvalue weighted by Crippen LogP contribution is -2.38. The summed E-state index contributed by atoms with van der Waals surface area (Å²) < 4.78 is 5.39. The summed E-state index contributed by atoms with van der Waals surface area (Å²) >= 11 is 11.8. The molecule has 0 aliphatic carbocycles. The number of rotatable bonds is 5. The third-order valence-corrected chi connectivity index (χ3v) is 4.58. The van der Waals surface area contributed by atoms with E-state index in [0.717, 1.165) is 0 Å². The quantitative estimate of drug-likeness (QED) is 0.478. The number of halogens is 2. The van der Waals surface area contributed by atoms with Gasteiger partial charge in [-0.05, 0) is 42.0 Å². The minimum absolute atomic E-state index is 0.179. The van der Waals surface area contributed by atoms with Gasteiger partial charge < -0.3 is 14.9 Å². The van der Waals surface area contributed by atoms with Crippen LogP contribution in [0.5, 0.6) is 0 Å². The molecule has 0 heterocycles. The molecule has 0 spiro atoms. The molecule has 3 aromatic carbocycles. The minimum atomic E-state index is -2.33. The molecular formula is C21H16Cl2O4. The zero-order valence-corrected chi connectivity index (χ0v) is 15.6. The summed E-state index contributed by atoms with van der Waals surface area (Å²) in [5, 5.41) is 23.0. The number of hydrogen-bond donors (Lipinski definition) is 2. The Hall–Kier alpha value is -2.37. The minimum Gasteiger partial charge on any atom is -0.422 e. The van der Waals surface area contributed by atoms with Crippen LogP contribution in [0.1, 0.15) is 27.6 Å². The van der Waals surface area contributed by atoms with Gasteiger partial charge in [0.1, 0.15) is 6.10 Å². The van der Waals surface area contributed by atoms with Crippen molar-refractivity contribution in [3.63, 3.8) is 0 Å². The number of aliphatic hydroxyl groups excluding tert-OH is 1. The van der Waals surface area contributed by atoms with Crippen molar-refractivity contribution < 1.29 is 19.7 Å². The van der Waals surface area contributed by atoms with Gasteiger partial charge in [0.15, 0.2) is 0 Å². The van der Waals surface area contributed by atoms with Gasteiger partial charge in [-0.3, -0.25) is 0 Å². The Morgan fingerprint density at radius 3 is 1.93 bits per heavy atom. The molecule has 6 heteroatoms. The molecule has 0 aromatic heterocycles. The van der Waals surface area contributed by atoms with Gasteiger partial charge >= 0.3 is 5.97 Å². The second-order valence-electron chi connectivity index (χ2n) is 5.91. The second-order valence-corrected chi connectivity index (χ2v) is 6.79. The van der Waals surface area contributed by atoms with Gasteiger partial charge in [-0.15, -0.1) is 0 Å². The zero-order valence-electron chi connectivity index (χ0n) is 14.0. The third-order valence-electron chi connectivity index (χ3n) is 4.07. The Morgan fingerprint density at radius 2 is 1.37 bits per heavy atom. The Labute approximate surface area is 166 Å². The van der Waals surface area contributed by atoms with Crippen molar-refractivity contribution in [1.29, 1.82) is 0 Å². The van der Waals surface area contributed by atoms with Gasteiger partial charge in [0.25, 0.3) is 5.79 Å². The molecule has 0 bridgehead atoms. The van der Waals surface area contributed by atoms with Gasteiger partial charge in [0, 0.05) is 15.6 Å². The van der Waals surface area contributed by atoms with E-state index in [1.807, 2.05) is 0 Å². The number of carbonyl (C=O) groups is 1. The Balaban J connectivity index is 2.01. The summed E-state index contributed by atoms with van der Waals surface area (Å²) in [4.78, 5) is 12.5. The number of esters is 1. The van der Waals surface area contributed by atoms with Crippen LogP contribution in [0.3, 0.4) is 0 Å². The molecular weight excluding hydrogens is 387 g/mol. The van der Waals surface area contributed by atoms with Crippen LogP contribution in [0.4, 0.5) is 0 Å². The van der Waals surface area contributed by atoms with Crippen LogP contribution in [0, 0.1) is 0 Å². The lowest BCUT2D eigenvalue weighted by atomic mass is 9.94. The molecule has 0 aliphatic heterocycles. The van der Waals surface area contributed by atoms with E-state index in [4.69, 9.17) is 27.9 Å². The molecule has 0 saturated heterocycles. The van der Waals surface area contributed by atoms with E-state index >= 15 is 0 Å². The third kappa shape index (κ3) is 4.31. The summed E-state index contributed by atoms with van der Waals surface area (Å²) in [5.74, 6) is -3.10. The fraction of sp³-hybridized carbons (Fsp3) is 0.0952. The summed E-state index contributed by atoms with van der Waals surface area (Å²) in [6.07, 6.45) is -1.55. The first-order valence-corrected chi connectivity index (χ1v) is 8.86. The largest absolute Gasteiger partial charge is 0.422 e. The van der Waals surface area contributed by atoms with Crippen LogP contribution in [-0.4, -0.2) is 16.2 Å². The molecule has 0 fully saturated rings.